The number of ether oxygens (including phenoxy) is 1. The third kappa shape index (κ3) is 6.82. The zero-order valence-electron chi connectivity index (χ0n) is 22.0. The summed E-state index contributed by atoms with van der Waals surface area (Å²) in [7, 11) is 0. The van der Waals surface area contributed by atoms with E-state index in [2.05, 4.69) is 27.0 Å². The van der Waals surface area contributed by atoms with Gasteiger partial charge < -0.3 is 25.6 Å². The van der Waals surface area contributed by atoms with E-state index < -0.39 is 17.5 Å². The maximum absolute atomic E-state index is 14.0. The van der Waals surface area contributed by atoms with Crippen molar-refractivity contribution in [3.05, 3.63) is 51.4 Å². The first-order valence-electron chi connectivity index (χ1n) is 12.9. The van der Waals surface area contributed by atoms with Gasteiger partial charge >= 0.3 is 6.03 Å². The summed E-state index contributed by atoms with van der Waals surface area (Å²) in [6, 6.07) is 4.42. The minimum Gasteiger partial charge on any atom is -0.482 e. The summed E-state index contributed by atoms with van der Waals surface area (Å²) in [4.78, 5) is 21.7. The number of nitrogen functional groups attached to an aromatic ring is 1. The van der Waals surface area contributed by atoms with Crippen LogP contribution in [0.4, 0.5) is 15.0 Å². The Morgan fingerprint density at radius 2 is 2.03 bits per heavy atom. The third-order valence-corrected chi connectivity index (χ3v) is 7.63. The van der Waals surface area contributed by atoms with Gasteiger partial charge in [0.2, 0.25) is 0 Å². The van der Waals surface area contributed by atoms with Crippen LogP contribution in [0, 0.1) is 17.7 Å². The van der Waals surface area contributed by atoms with E-state index in [0.717, 1.165) is 39.0 Å². The van der Waals surface area contributed by atoms with Crippen LogP contribution in [0.3, 0.4) is 0 Å². The van der Waals surface area contributed by atoms with Crippen LogP contribution in [0.25, 0.3) is 0 Å². The van der Waals surface area contributed by atoms with E-state index in [4.69, 9.17) is 33.7 Å². The number of aromatic nitrogens is 1. The van der Waals surface area contributed by atoms with Crippen LogP contribution in [0.5, 0.6) is 5.75 Å². The van der Waals surface area contributed by atoms with Crippen LogP contribution in [-0.2, 0) is 0 Å². The second kappa shape index (κ2) is 12.0. The molecular formula is C28H34Cl2FN5O2. The molecule has 2 aliphatic heterocycles. The summed E-state index contributed by atoms with van der Waals surface area (Å²) >= 11 is 12.4. The number of nitrogens with one attached hydrogen (secondary N) is 1. The fourth-order valence-electron chi connectivity index (χ4n) is 4.94. The van der Waals surface area contributed by atoms with Crippen LogP contribution in [0.1, 0.15) is 63.7 Å². The summed E-state index contributed by atoms with van der Waals surface area (Å²) in [6.45, 7) is 9.34. The summed E-state index contributed by atoms with van der Waals surface area (Å²) in [5, 5.41) is 3.25. The lowest BCUT2D eigenvalue weighted by Gasteiger charge is -2.31. The zero-order valence-corrected chi connectivity index (χ0v) is 23.5. The van der Waals surface area contributed by atoms with Crippen LogP contribution < -0.4 is 15.8 Å². The van der Waals surface area contributed by atoms with Gasteiger partial charge in [-0.1, -0.05) is 35.0 Å². The number of amides is 2. The van der Waals surface area contributed by atoms with Gasteiger partial charge in [-0.2, -0.15) is 0 Å². The van der Waals surface area contributed by atoms with E-state index in [9.17, 15) is 9.18 Å². The quantitative estimate of drug-likeness (QED) is 0.351. The third-order valence-electron chi connectivity index (χ3n) is 6.92. The lowest BCUT2D eigenvalue weighted by molar-refractivity contribution is 0.170. The van der Waals surface area contributed by atoms with Gasteiger partial charge in [0, 0.05) is 47.5 Å². The maximum Gasteiger partial charge on any atom is 0.318 e. The monoisotopic (exact) mass is 561 g/mol. The maximum atomic E-state index is 14.0. The number of nitrogens with two attached hydrogens (primary N) is 1. The number of carbonyl (C=O) groups excluding carboxylic acids is 1. The van der Waals surface area contributed by atoms with Gasteiger partial charge in [-0.3, -0.25) is 0 Å². The van der Waals surface area contributed by atoms with Crippen molar-refractivity contribution in [1.82, 2.24) is 20.1 Å². The van der Waals surface area contributed by atoms with Gasteiger partial charge in [-0.15, -0.1) is 0 Å². The first-order chi connectivity index (χ1) is 18.0. The van der Waals surface area contributed by atoms with E-state index >= 15 is 0 Å². The van der Waals surface area contributed by atoms with E-state index in [-0.39, 0.29) is 33.7 Å². The Bertz CT molecular complexity index is 1240. The largest absolute Gasteiger partial charge is 0.482 e. The van der Waals surface area contributed by atoms with Gasteiger partial charge in [0.25, 0.3) is 0 Å². The molecule has 7 nitrogen and oxygen atoms in total. The molecule has 1 aromatic carbocycles. The number of pyridine rings is 1. The molecular weight excluding hydrogens is 528 g/mol. The fourth-order valence-corrected chi connectivity index (χ4v) is 5.62. The normalized spacial score (nSPS) is 18.7. The Morgan fingerprint density at radius 1 is 1.29 bits per heavy atom. The number of hydrogen-bond donors (Lipinski definition) is 2. The van der Waals surface area contributed by atoms with Crippen LogP contribution in [0.15, 0.2) is 24.4 Å². The molecule has 2 saturated heterocycles. The molecule has 4 rings (SSSR count). The average Bonchev–Trinajstić information content (AvgIpc) is 3.55. The minimum absolute atomic E-state index is 0.0943. The molecule has 204 valence electrons. The number of halogens is 3. The lowest BCUT2D eigenvalue weighted by atomic mass is 10.1. The molecule has 0 aliphatic carbocycles. The van der Waals surface area contributed by atoms with Crippen LogP contribution in [-0.4, -0.2) is 58.6 Å². The standard InChI is InChI=1S/C28H34Cl2FN5O2/c1-18(24-21(29)8-9-22(31)25(24)30)38-23-15-19(16-33-26(23)32)10-11-28(2,3)34-27(37)36-14-6-7-20(36)17-35-12-4-5-13-35/h8-9,15-16,18,20H,4-7,12-14,17H2,1-3H3,(H2,32,33)(H,34,37)/t18?,20-/m0/s1. The van der Waals surface area contributed by atoms with Crippen molar-refractivity contribution in [2.45, 2.75) is 64.1 Å². The van der Waals surface area contributed by atoms with Gasteiger partial charge in [-0.05, 0) is 71.7 Å². The molecule has 1 unspecified atom stereocenters. The Hall–Kier alpha value is -2.73. The van der Waals surface area contributed by atoms with Crippen LogP contribution in [0.2, 0.25) is 10.0 Å². The molecule has 2 amide bonds. The van der Waals surface area contributed by atoms with Gasteiger partial charge in [0.1, 0.15) is 11.9 Å². The molecule has 1 aromatic heterocycles. The van der Waals surface area contributed by atoms with Crippen LogP contribution >= 0.6 is 23.2 Å². The van der Waals surface area contributed by atoms with Crippen molar-refractivity contribution in [3.8, 4) is 17.6 Å². The summed E-state index contributed by atoms with van der Waals surface area (Å²) in [5.74, 6) is 6.02. The van der Waals surface area contributed by atoms with E-state index in [1.165, 1.54) is 31.2 Å². The molecule has 10 heteroatoms. The molecule has 2 aromatic rings. The van der Waals surface area contributed by atoms with E-state index in [1.807, 2.05) is 18.7 Å². The van der Waals surface area contributed by atoms with Gasteiger partial charge in [0.15, 0.2) is 11.6 Å². The second-order valence-corrected chi connectivity index (χ2v) is 11.2. The number of nitrogens with zero attached hydrogens (tertiary/aromatic N) is 3. The fraction of sp³-hybridized carbons (Fsp3) is 0.500. The number of rotatable bonds is 6. The average molecular weight is 563 g/mol. The molecule has 2 atom stereocenters. The van der Waals surface area contributed by atoms with Gasteiger partial charge in [-0.25, -0.2) is 14.2 Å². The smallest absolute Gasteiger partial charge is 0.318 e. The van der Waals surface area contributed by atoms with E-state index in [1.54, 1.807) is 13.0 Å². The minimum atomic E-state index is -0.782. The molecule has 0 radical (unpaired) electrons. The highest BCUT2D eigenvalue weighted by Crippen LogP contribution is 2.36. The number of anilines is 1. The van der Waals surface area contributed by atoms with Crippen molar-refractivity contribution in [2.75, 3.05) is 31.9 Å². The summed E-state index contributed by atoms with van der Waals surface area (Å²) < 4.78 is 19.9. The zero-order chi connectivity index (χ0) is 27.4. The molecule has 0 bridgehead atoms. The molecule has 38 heavy (non-hydrogen) atoms. The Morgan fingerprint density at radius 3 is 2.76 bits per heavy atom. The predicted molar refractivity (Wildman–Crippen MR) is 149 cm³/mol. The summed E-state index contributed by atoms with van der Waals surface area (Å²) in [5.41, 5.74) is 6.11. The van der Waals surface area contributed by atoms with E-state index in [0.29, 0.717) is 11.1 Å². The number of urea groups is 1. The molecule has 3 N–H and O–H groups in total. The number of benzene rings is 1. The highest BCUT2D eigenvalue weighted by atomic mass is 35.5. The highest BCUT2D eigenvalue weighted by molar-refractivity contribution is 6.36. The lowest BCUT2D eigenvalue weighted by Crippen LogP contribution is -2.52. The SMILES string of the molecule is CC(Oc1cc(C#CC(C)(C)NC(=O)N2CCC[C@H]2CN2CCCC2)cnc1N)c1c(Cl)ccc(F)c1Cl. The van der Waals surface area contributed by atoms with Crippen molar-refractivity contribution >= 4 is 35.1 Å². The van der Waals surface area contributed by atoms with Crippen molar-refractivity contribution < 1.29 is 13.9 Å². The Kier molecular flexibility index (Phi) is 8.92. The first kappa shape index (κ1) is 28.3. The Balaban J connectivity index is 1.43. The molecule has 2 fully saturated rings. The first-order valence-corrected chi connectivity index (χ1v) is 13.7. The molecule has 0 saturated carbocycles. The number of likely N-dealkylation sites (tertiary alicyclic amines) is 2. The number of hydrogen-bond acceptors (Lipinski definition) is 5. The van der Waals surface area contributed by atoms with Crippen molar-refractivity contribution in [3.63, 3.8) is 0 Å². The second-order valence-electron chi connectivity index (χ2n) is 10.4. The molecule has 3 heterocycles. The van der Waals surface area contributed by atoms with Crippen molar-refractivity contribution in [1.29, 1.82) is 0 Å². The van der Waals surface area contributed by atoms with Crippen molar-refractivity contribution in [2.24, 2.45) is 0 Å². The number of carbonyl (C=O) groups is 1. The molecule has 2 aliphatic rings. The predicted octanol–water partition coefficient (Wildman–Crippen LogP) is 5.65. The van der Waals surface area contributed by atoms with Gasteiger partial charge in [0.05, 0.1) is 10.6 Å². The summed E-state index contributed by atoms with van der Waals surface area (Å²) in [6.07, 6.45) is 5.36. The Labute approximate surface area is 233 Å². The molecule has 0 spiro atoms. The topological polar surface area (TPSA) is 83.7 Å². The highest BCUT2D eigenvalue weighted by Gasteiger charge is 2.32.